The van der Waals surface area contributed by atoms with Gasteiger partial charge in [0.2, 0.25) is 0 Å². The summed E-state index contributed by atoms with van der Waals surface area (Å²) < 4.78 is 69.4. The Bertz CT molecular complexity index is 1040. The molecule has 0 unspecified atom stereocenters. The van der Waals surface area contributed by atoms with Gasteiger partial charge >= 0.3 is 13.2 Å². The molecular weight excluding hydrogens is 424 g/mol. The van der Waals surface area contributed by atoms with E-state index < -0.39 is 36.2 Å². The van der Waals surface area contributed by atoms with Crippen LogP contribution in [0.1, 0.15) is 5.56 Å². The van der Waals surface area contributed by atoms with E-state index in [1.807, 2.05) is 0 Å². The molecule has 3 rings (SSSR count). The van der Waals surface area contributed by atoms with Crippen LogP contribution in [-0.4, -0.2) is 32.3 Å². The van der Waals surface area contributed by atoms with Crippen molar-refractivity contribution in [1.29, 1.82) is 5.26 Å². The zero-order valence-electron chi connectivity index (χ0n) is 15.6. The summed E-state index contributed by atoms with van der Waals surface area (Å²) in [4.78, 5) is 12.5. The second-order valence-corrected chi connectivity index (χ2v) is 5.94. The lowest BCUT2D eigenvalue weighted by atomic mass is 10.1. The summed E-state index contributed by atoms with van der Waals surface area (Å²) in [6, 6.07) is 9.24. The Morgan fingerprint density at radius 1 is 1.03 bits per heavy atom. The lowest BCUT2D eigenvalue weighted by molar-refractivity contribution is -0.112. The summed E-state index contributed by atoms with van der Waals surface area (Å²) >= 11 is 0. The third-order valence-corrected chi connectivity index (χ3v) is 3.89. The SMILES string of the molecule is N#C/C(=C\c1ccc(OC(F)F)cc1OC(F)F)C(=O)Nc1ccc2c(c1)OCCO2. The third-order valence-electron chi connectivity index (χ3n) is 3.89. The summed E-state index contributed by atoms with van der Waals surface area (Å²) in [6.45, 7) is -5.71. The molecule has 0 bridgehead atoms. The second-order valence-electron chi connectivity index (χ2n) is 5.94. The van der Waals surface area contributed by atoms with Crippen molar-refractivity contribution in [2.24, 2.45) is 0 Å². The molecular formula is C20H14F4N2O5. The first kappa shape index (κ1) is 21.8. The van der Waals surface area contributed by atoms with Gasteiger partial charge in [0.15, 0.2) is 11.5 Å². The van der Waals surface area contributed by atoms with Gasteiger partial charge in [0.05, 0.1) is 0 Å². The van der Waals surface area contributed by atoms with Crippen LogP contribution in [0.15, 0.2) is 42.0 Å². The molecule has 0 saturated carbocycles. The molecule has 2 aromatic rings. The zero-order chi connectivity index (χ0) is 22.4. The van der Waals surface area contributed by atoms with Crippen LogP contribution in [0.3, 0.4) is 0 Å². The highest BCUT2D eigenvalue weighted by Crippen LogP contribution is 2.33. The van der Waals surface area contributed by atoms with Crippen LogP contribution in [0.4, 0.5) is 23.2 Å². The van der Waals surface area contributed by atoms with Crippen molar-refractivity contribution < 1.29 is 41.3 Å². The number of nitrogens with one attached hydrogen (secondary N) is 1. The summed E-state index contributed by atoms with van der Waals surface area (Å²) in [5.74, 6) is -0.904. The predicted octanol–water partition coefficient (Wildman–Crippen LogP) is 4.21. The summed E-state index contributed by atoms with van der Waals surface area (Å²) in [7, 11) is 0. The van der Waals surface area contributed by atoms with Gasteiger partial charge in [0, 0.05) is 23.4 Å². The van der Waals surface area contributed by atoms with Crippen molar-refractivity contribution in [1.82, 2.24) is 0 Å². The van der Waals surface area contributed by atoms with E-state index in [1.54, 1.807) is 12.1 Å². The lowest BCUT2D eigenvalue weighted by Crippen LogP contribution is -2.17. The zero-order valence-corrected chi connectivity index (χ0v) is 15.6. The van der Waals surface area contributed by atoms with E-state index in [2.05, 4.69) is 14.8 Å². The fourth-order valence-electron chi connectivity index (χ4n) is 2.63. The molecule has 0 radical (unpaired) electrons. The molecule has 2 aromatic carbocycles. The van der Waals surface area contributed by atoms with Crippen LogP contribution in [0.5, 0.6) is 23.0 Å². The first-order valence-corrected chi connectivity index (χ1v) is 8.72. The number of carbonyl (C=O) groups excluding carboxylic acids is 1. The molecule has 0 aliphatic carbocycles. The quantitative estimate of drug-likeness (QED) is 0.396. The fraction of sp³-hybridized carbons (Fsp3) is 0.200. The van der Waals surface area contributed by atoms with Gasteiger partial charge in [-0.25, -0.2) is 0 Å². The highest BCUT2D eigenvalue weighted by atomic mass is 19.3. The summed E-state index contributed by atoms with van der Waals surface area (Å²) in [5.41, 5.74) is -0.257. The first-order valence-electron chi connectivity index (χ1n) is 8.72. The molecule has 1 heterocycles. The van der Waals surface area contributed by atoms with E-state index in [4.69, 9.17) is 9.47 Å². The van der Waals surface area contributed by atoms with Crippen LogP contribution in [0.2, 0.25) is 0 Å². The predicted molar refractivity (Wildman–Crippen MR) is 99.4 cm³/mol. The summed E-state index contributed by atoms with van der Waals surface area (Å²) in [5, 5.41) is 11.8. The number of nitriles is 1. The fourth-order valence-corrected chi connectivity index (χ4v) is 2.63. The number of hydrogen-bond acceptors (Lipinski definition) is 6. The molecule has 1 N–H and O–H groups in total. The van der Waals surface area contributed by atoms with E-state index in [0.717, 1.165) is 24.3 Å². The maximum Gasteiger partial charge on any atom is 0.387 e. The number of alkyl halides is 4. The standard InChI is InChI=1S/C20H14F4N2O5/c21-19(22)30-14-3-1-11(16(9-14)31-20(23)24)7-12(10-25)18(27)26-13-2-4-15-17(8-13)29-6-5-28-15/h1-4,7-9,19-20H,5-6H2,(H,26,27)/b12-7+. The minimum Gasteiger partial charge on any atom is -0.486 e. The first-order chi connectivity index (χ1) is 14.9. The van der Waals surface area contributed by atoms with Crippen molar-refractivity contribution in [2.45, 2.75) is 13.2 Å². The van der Waals surface area contributed by atoms with Crippen LogP contribution in [0, 0.1) is 11.3 Å². The number of nitrogens with zero attached hydrogens (tertiary/aromatic N) is 1. The Kier molecular flexibility index (Phi) is 6.81. The Morgan fingerprint density at radius 3 is 2.42 bits per heavy atom. The van der Waals surface area contributed by atoms with Crippen molar-refractivity contribution in [3.63, 3.8) is 0 Å². The second kappa shape index (κ2) is 9.71. The molecule has 1 aliphatic rings. The average molecular weight is 438 g/mol. The van der Waals surface area contributed by atoms with E-state index >= 15 is 0 Å². The molecule has 0 spiro atoms. The Morgan fingerprint density at radius 2 is 1.74 bits per heavy atom. The maximum atomic E-state index is 12.7. The third kappa shape index (κ3) is 5.79. The van der Waals surface area contributed by atoms with Crippen LogP contribution >= 0.6 is 0 Å². The average Bonchev–Trinajstić information content (AvgIpc) is 2.72. The highest BCUT2D eigenvalue weighted by Gasteiger charge is 2.17. The molecule has 0 saturated heterocycles. The topological polar surface area (TPSA) is 89.8 Å². The summed E-state index contributed by atoms with van der Waals surface area (Å²) in [6.07, 6.45) is 0.983. The van der Waals surface area contributed by atoms with E-state index in [-0.39, 0.29) is 5.56 Å². The van der Waals surface area contributed by atoms with Gasteiger partial charge in [-0.15, -0.1) is 0 Å². The maximum absolute atomic E-state index is 12.7. The molecule has 162 valence electrons. The van der Waals surface area contributed by atoms with Crippen molar-refractivity contribution in [3.05, 3.63) is 47.5 Å². The Balaban J connectivity index is 1.84. The van der Waals surface area contributed by atoms with Gasteiger partial charge < -0.3 is 24.3 Å². The van der Waals surface area contributed by atoms with Gasteiger partial charge in [-0.2, -0.15) is 22.8 Å². The number of carbonyl (C=O) groups is 1. The van der Waals surface area contributed by atoms with E-state index in [9.17, 15) is 27.6 Å². The normalized spacial score (nSPS) is 13.0. The highest BCUT2D eigenvalue weighted by molar-refractivity contribution is 6.10. The van der Waals surface area contributed by atoms with Crippen LogP contribution in [0.25, 0.3) is 6.08 Å². The molecule has 7 nitrogen and oxygen atoms in total. The number of halogens is 4. The van der Waals surface area contributed by atoms with Gasteiger partial charge in [-0.3, -0.25) is 4.79 Å². The number of amides is 1. The molecule has 1 aliphatic heterocycles. The number of benzene rings is 2. The molecule has 0 aromatic heterocycles. The number of rotatable bonds is 7. The van der Waals surface area contributed by atoms with E-state index in [1.165, 1.54) is 12.1 Å². The van der Waals surface area contributed by atoms with Crippen molar-refractivity contribution in [3.8, 4) is 29.1 Å². The van der Waals surface area contributed by atoms with Crippen LogP contribution in [-0.2, 0) is 4.79 Å². The van der Waals surface area contributed by atoms with Gasteiger partial charge in [-0.1, -0.05) is 0 Å². The lowest BCUT2D eigenvalue weighted by Gasteiger charge is -2.19. The number of ether oxygens (including phenoxy) is 4. The van der Waals surface area contributed by atoms with Gasteiger partial charge in [0.1, 0.15) is 36.4 Å². The molecule has 11 heteroatoms. The van der Waals surface area contributed by atoms with Crippen molar-refractivity contribution in [2.75, 3.05) is 18.5 Å². The number of fused-ring (bicyclic) bond motifs is 1. The monoisotopic (exact) mass is 438 g/mol. The minimum atomic E-state index is -3.27. The van der Waals surface area contributed by atoms with Gasteiger partial charge in [-0.05, 0) is 30.3 Å². The Labute approximate surface area is 173 Å². The molecule has 1 amide bonds. The smallest absolute Gasteiger partial charge is 0.387 e. The van der Waals surface area contributed by atoms with Gasteiger partial charge in [0.25, 0.3) is 5.91 Å². The number of hydrogen-bond donors (Lipinski definition) is 1. The molecule has 31 heavy (non-hydrogen) atoms. The molecule has 0 fully saturated rings. The van der Waals surface area contributed by atoms with Crippen molar-refractivity contribution >= 4 is 17.7 Å². The van der Waals surface area contributed by atoms with E-state index in [0.29, 0.717) is 30.4 Å². The minimum absolute atomic E-state index is 0.115. The molecule has 0 atom stereocenters. The van der Waals surface area contributed by atoms with Crippen LogP contribution < -0.4 is 24.3 Å². The Hall–Kier alpha value is -3.94. The largest absolute Gasteiger partial charge is 0.486 e. The number of anilines is 1.